The molecule has 0 aromatic carbocycles. The summed E-state index contributed by atoms with van der Waals surface area (Å²) in [4.78, 5) is 16.1. The maximum absolute atomic E-state index is 11.4. The van der Waals surface area contributed by atoms with Gasteiger partial charge in [-0.2, -0.15) is 0 Å². The van der Waals surface area contributed by atoms with E-state index in [1.807, 2.05) is 0 Å². The Hall–Kier alpha value is -0.740. The fourth-order valence-corrected chi connectivity index (χ4v) is 1.81. The van der Waals surface area contributed by atoms with Crippen LogP contribution in [0.15, 0.2) is 6.20 Å². The Morgan fingerprint density at radius 1 is 1.75 bits per heavy atom. The number of carbonyl (C=O) groups is 1. The average Bonchev–Trinajstić information content (AvgIpc) is 2.82. The number of hydrogen-bond donors (Lipinski definition) is 1. The lowest BCUT2D eigenvalue weighted by molar-refractivity contribution is 0.0967. The van der Waals surface area contributed by atoms with Crippen LogP contribution in [0, 0.1) is 5.92 Å². The van der Waals surface area contributed by atoms with Crippen LogP contribution >= 0.6 is 11.3 Å². The first-order chi connectivity index (χ1) is 5.81. The lowest BCUT2D eigenvalue weighted by Crippen LogP contribution is -1.99. The van der Waals surface area contributed by atoms with Gasteiger partial charge in [-0.1, -0.05) is 0 Å². The molecule has 3 nitrogen and oxygen atoms in total. The van der Waals surface area contributed by atoms with E-state index in [-0.39, 0.29) is 18.3 Å². The summed E-state index contributed by atoms with van der Waals surface area (Å²) in [7, 11) is 0. The van der Waals surface area contributed by atoms with E-state index in [0.717, 1.165) is 17.7 Å². The van der Waals surface area contributed by atoms with Crippen LogP contribution in [-0.4, -0.2) is 15.9 Å². The summed E-state index contributed by atoms with van der Waals surface area (Å²) >= 11 is 1.30. The number of Topliss-reactive ketones (excluding diaryl/α,β-unsaturated/α-hetero) is 1. The van der Waals surface area contributed by atoms with Crippen LogP contribution in [0.2, 0.25) is 0 Å². The molecule has 12 heavy (non-hydrogen) atoms. The zero-order valence-electron chi connectivity index (χ0n) is 6.49. The van der Waals surface area contributed by atoms with Crippen molar-refractivity contribution in [3.8, 4) is 0 Å². The Bertz CT molecular complexity index is 304. The molecule has 1 aliphatic rings. The molecule has 2 rings (SSSR count). The first kappa shape index (κ1) is 7.89. The van der Waals surface area contributed by atoms with E-state index in [1.54, 1.807) is 6.20 Å². The minimum absolute atomic E-state index is 0.0182. The van der Waals surface area contributed by atoms with Gasteiger partial charge in [-0.25, -0.2) is 4.98 Å². The molecule has 1 heterocycles. The van der Waals surface area contributed by atoms with Crippen LogP contribution in [0.1, 0.15) is 27.5 Å². The third kappa shape index (κ3) is 1.40. The number of rotatable bonds is 3. The number of aromatic nitrogens is 1. The van der Waals surface area contributed by atoms with Crippen molar-refractivity contribution in [1.82, 2.24) is 4.98 Å². The SMILES string of the molecule is O=C(c1ncc(CO)s1)C1CC1. The average molecular weight is 183 g/mol. The summed E-state index contributed by atoms with van der Waals surface area (Å²) in [6.07, 6.45) is 3.58. The summed E-state index contributed by atoms with van der Waals surface area (Å²) < 4.78 is 0. The van der Waals surface area contributed by atoms with E-state index in [0.29, 0.717) is 5.01 Å². The van der Waals surface area contributed by atoms with Crippen molar-refractivity contribution in [3.63, 3.8) is 0 Å². The van der Waals surface area contributed by atoms with Gasteiger partial charge < -0.3 is 5.11 Å². The molecule has 0 amide bonds. The molecule has 1 fully saturated rings. The molecular formula is C8H9NO2S. The van der Waals surface area contributed by atoms with Crippen molar-refractivity contribution in [2.75, 3.05) is 0 Å². The Morgan fingerprint density at radius 3 is 3.00 bits per heavy atom. The molecule has 0 atom stereocenters. The lowest BCUT2D eigenvalue weighted by atomic mass is 10.3. The number of hydrogen-bond acceptors (Lipinski definition) is 4. The van der Waals surface area contributed by atoms with E-state index in [9.17, 15) is 4.79 Å². The van der Waals surface area contributed by atoms with Gasteiger partial charge in [0.2, 0.25) is 0 Å². The predicted octanol–water partition coefficient (Wildman–Crippen LogP) is 1.23. The minimum Gasteiger partial charge on any atom is -0.391 e. The molecule has 0 unspecified atom stereocenters. The highest BCUT2D eigenvalue weighted by Gasteiger charge is 2.32. The van der Waals surface area contributed by atoms with Gasteiger partial charge in [0.15, 0.2) is 10.8 Å². The molecule has 0 saturated heterocycles. The highest BCUT2D eigenvalue weighted by molar-refractivity contribution is 7.13. The van der Waals surface area contributed by atoms with E-state index in [2.05, 4.69) is 4.98 Å². The normalized spacial score (nSPS) is 16.4. The molecule has 1 aliphatic carbocycles. The van der Waals surface area contributed by atoms with Crippen LogP contribution in [0.3, 0.4) is 0 Å². The van der Waals surface area contributed by atoms with Gasteiger partial charge in [0.05, 0.1) is 11.5 Å². The van der Waals surface area contributed by atoms with Gasteiger partial charge in [-0.15, -0.1) is 11.3 Å². The summed E-state index contributed by atoms with van der Waals surface area (Å²) in [6, 6.07) is 0. The molecule has 1 aromatic heterocycles. The van der Waals surface area contributed by atoms with Gasteiger partial charge in [0.1, 0.15) is 0 Å². The molecule has 64 valence electrons. The second kappa shape index (κ2) is 2.95. The number of thiazole rings is 1. The molecule has 0 bridgehead atoms. The van der Waals surface area contributed by atoms with Crippen molar-refractivity contribution in [3.05, 3.63) is 16.1 Å². The van der Waals surface area contributed by atoms with Gasteiger partial charge in [-0.05, 0) is 12.8 Å². The van der Waals surface area contributed by atoms with Gasteiger partial charge in [-0.3, -0.25) is 4.79 Å². The van der Waals surface area contributed by atoms with Crippen LogP contribution < -0.4 is 0 Å². The van der Waals surface area contributed by atoms with E-state index in [1.165, 1.54) is 11.3 Å². The van der Waals surface area contributed by atoms with Crippen molar-refractivity contribution < 1.29 is 9.90 Å². The quantitative estimate of drug-likeness (QED) is 0.717. The van der Waals surface area contributed by atoms with Crippen molar-refractivity contribution >= 4 is 17.1 Å². The monoisotopic (exact) mass is 183 g/mol. The summed E-state index contributed by atoms with van der Waals surface area (Å²) in [5.74, 6) is 0.377. The number of nitrogens with zero attached hydrogens (tertiary/aromatic N) is 1. The van der Waals surface area contributed by atoms with Crippen LogP contribution in [0.25, 0.3) is 0 Å². The second-order valence-electron chi connectivity index (χ2n) is 2.93. The van der Waals surface area contributed by atoms with Gasteiger partial charge in [0.25, 0.3) is 0 Å². The highest BCUT2D eigenvalue weighted by Crippen LogP contribution is 2.33. The summed E-state index contributed by atoms with van der Waals surface area (Å²) in [5.41, 5.74) is 0. The molecule has 1 aromatic rings. The van der Waals surface area contributed by atoms with Crippen LogP contribution in [0.4, 0.5) is 0 Å². The van der Waals surface area contributed by atoms with Crippen LogP contribution in [0.5, 0.6) is 0 Å². The highest BCUT2D eigenvalue weighted by atomic mass is 32.1. The maximum Gasteiger partial charge on any atom is 0.194 e. The Kier molecular flexibility index (Phi) is 1.94. The number of ketones is 1. The molecule has 4 heteroatoms. The molecule has 1 N–H and O–H groups in total. The number of aliphatic hydroxyl groups excluding tert-OH is 1. The Balaban J connectivity index is 2.16. The van der Waals surface area contributed by atoms with Gasteiger partial charge >= 0.3 is 0 Å². The number of carbonyl (C=O) groups excluding carboxylic acids is 1. The van der Waals surface area contributed by atoms with Crippen molar-refractivity contribution in [2.24, 2.45) is 5.92 Å². The smallest absolute Gasteiger partial charge is 0.194 e. The van der Waals surface area contributed by atoms with E-state index in [4.69, 9.17) is 5.11 Å². The second-order valence-corrected chi connectivity index (χ2v) is 4.04. The maximum atomic E-state index is 11.4. The standard InChI is InChI=1S/C8H9NO2S/c10-4-6-3-9-8(12-6)7(11)5-1-2-5/h3,5,10H,1-2,4H2. The van der Waals surface area contributed by atoms with Crippen molar-refractivity contribution in [1.29, 1.82) is 0 Å². The Labute approximate surface area is 74.1 Å². The third-order valence-corrected chi connectivity index (χ3v) is 2.86. The zero-order valence-corrected chi connectivity index (χ0v) is 7.30. The largest absolute Gasteiger partial charge is 0.391 e. The minimum atomic E-state index is -0.0182. The molecule has 0 spiro atoms. The first-order valence-electron chi connectivity index (χ1n) is 3.91. The fraction of sp³-hybridized carbons (Fsp3) is 0.500. The summed E-state index contributed by atoms with van der Waals surface area (Å²) in [6.45, 7) is -0.0182. The first-order valence-corrected chi connectivity index (χ1v) is 4.72. The van der Waals surface area contributed by atoms with Crippen molar-refractivity contribution in [2.45, 2.75) is 19.4 Å². The fourth-order valence-electron chi connectivity index (χ4n) is 1.01. The lowest BCUT2D eigenvalue weighted by Gasteiger charge is -1.88. The van der Waals surface area contributed by atoms with Crippen LogP contribution in [-0.2, 0) is 6.61 Å². The van der Waals surface area contributed by atoms with E-state index < -0.39 is 0 Å². The topological polar surface area (TPSA) is 50.2 Å². The molecule has 1 saturated carbocycles. The van der Waals surface area contributed by atoms with E-state index >= 15 is 0 Å². The number of aliphatic hydroxyl groups is 1. The Morgan fingerprint density at radius 2 is 2.50 bits per heavy atom. The molecule has 0 aliphatic heterocycles. The third-order valence-electron chi connectivity index (χ3n) is 1.87. The molecular weight excluding hydrogens is 174 g/mol. The summed E-state index contributed by atoms with van der Waals surface area (Å²) in [5, 5.41) is 9.30. The zero-order chi connectivity index (χ0) is 8.55. The van der Waals surface area contributed by atoms with Gasteiger partial charge in [0, 0.05) is 12.1 Å². The predicted molar refractivity (Wildman–Crippen MR) is 45.1 cm³/mol. The molecule has 0 radical (unpaired) electrons.